The molecule has 0 amide bonds. The van der Waals surface area contributed by atoms with Crippen molar-refractivity contribution in [3.8, 4) is 0 Å². The molecule has 94 valence electrons. The Hall–Kier alpha value is -1.88. The molecule has 0 bridgehead atoms. The predicted molar refractivity (Wildman–Crippen MR) is 72.3 cm³/mol. The number of nitrogens with zero attached hydrogens (tertiary/aromatic N) is 1. The monoisotopic (exact) mass is 262 g/mol. The first-order valence-electron chi connectivity index (χ1n) is 5.55. The first-order chi connectivity index (χ1) is 8.58. The van der Waals surface area contributed by atoms with Gasteiger partial charge in [-0.05, 0) is 36.9 Å². The summed E-state index contributed by atoms with van der Waals surface area (Å²) in [5.74, 6) is -0.512. The van der Waals surface area contributed by atoms with Crippen LogP contribution in [0, 0.1) is 13.8 Å². The van der Waals surface area contributed by atoms with E-state index in [4.69, 9.17) is 0 Å². The van der Waals surface area contributed by atoms with Crippen LogP contribution in [0.2, 0.25) is 0 Å². The number of pyridine rings is 1. The molecule has 18 heavy (non-hydrogen) atoms. The number of anilines is 1. The fraction of sp³-hybridized carbons (Fsp3) is 0.231. The number of hydrogen-bond donors (Lipinski definition) is 2. The van der Waals surface area contributed by atoms with Gasteiger partial charge in [0.2, 0.25) is 0 Å². The van der Waals surface area contributed by atoms with Crippen LogP contribution in [0.1, 0.15) is 26.5 Å². The molecule has 5 heteroatoms. The summed E-state index contributed by atoms with van der Waals surface area (Å²) in [4.78, 5) is 16.7. The quantitative estimate of drug-likeness (QED) is 0.889. The second-order valence-electron chi connectivity index (χ2n) is 4.04. The molecule has 2 aromatic rings. The van der Waals surface area contributed by atoms with Crippen molar-refractivity contribution in [3.63, 3.8) is 0 Å². The van der Waals surface area contributed by atoms with Gasteiger partial charge in [-0.2, -0.15) is 0 Å². The molecule has 0 fully saturated rings. The summed E-state index contributed by atoms with van der Waals surface area (Å²) in [5, 5.41) is 14.3. The van der Waals surface area contributed by atoms with Crippen LogP contribution in [-0.4, -0.2) is 16.1 Å². The molecule has 0 saturated carbocycles. The van der Waals surface area contributed by atoms with E-state index in [0.29, 0.717) is 12.4 Å². The molecule has 2 heterocycles. The maximum atomic E-state index is 11.2. The number of hydrogen-bond acceptors (Lipinski definition) is 4. The van der Waals surface area contributed by atoms with Crippen molar-refractivity contribution in [2.24, 2.45) is 0 Å². The first kappa shape index (κ1) is 12.6. The van der Waals surface area contributed by atoms with E-state index in [1.165, 1.54) is 0 Å². The minimum atomic E-state index is -0.950. The van der Waals surface area contributed by atoms with E-state index in [1.807, 2.05) is 24.4 Å². The maximum absolute atomic E-state index is 11.2. The minimum Gasteiger partial charge on any atom is -0.478 e. The zero-order valence-electron chi connectivity index (χ0n) is 10.2. The third-order valence-corrected chi connectivity index (χ3v) is 3.45. The van der Waals surface area contributed by atoms with E-state index >= 15 is 0 Å². The van der Waals surface area contributed by atoms with Gasteiger partial charge in [-0.1, -0.05) is 6.07 Å². The van der Waals surface area contributed by atoms with Crippen molar-refractivity contribution >= 4 is 23.1 Å². The number of thiophene rings is 1. The van der Waals surface area contributed by atoms with E-state index < -0.39 is 5.97 Å². The molecule has 0 atom stereocenters. The predicted octanol–water partition coefficient (Wildman–Crippen LogP) is 3.07. The highest BCUT2D eigenvalue weighted by atomic mass is 32.1. The Morgan fingerprint density at radius 3 is 2.89 bits per heavy atom. The van der Waals surface area contributed by atoms with Crippen molar-refractivity contribution in [1.29, 1.82) is 0 Å². The summed E-state index contributed by atoms with van der Waals surface area (Å²) in [6.45, 7) is 4.23. The standard InChI is InChI=1S/C13H14N2O2S/c1-8-6-9(2)15-12(11(8)13(16)17)14-7-10-4-3-5-18-10/h3-6H,7H2,1-2H3,(H,14,15)(H,16,17). The molecule has 0 aliphatic rings. The number of nitrogens with one attached hydrogen (secondary N) is 1. The molecule has 0 radical (unpaired) electrons. The van der Waals surface area contributed by atoms with Crippen LogP contribution < -0.4 is 5.32 Å². The van der Waals surface area contributed by atoms with E-state index in [-0.39, 0.29) is 5.56 Å². The lowest BCUT2D eigenvalue weighted by Gasteiger charge is -2.11. The summed E-state index contributed by atoms with van der Waals surface area (Å²) in [7, 11) is 0. The fourth-order valence-corrected chi connectivity index (χ4v) is 2.46. The van der Waals surface area contributed by atoms with Gasteiger partial charge >= 0.3 is 5.97 Å². The Kier molecular flexibility index (Phi) is 3.62. The van der Waals surface area contributed by atoms with Gasteiger partial charge in [-0.25, -0.2) is 9.78 Å². The van der Waals surface area contributed by atoms with Gasteiger partial charge in [0.1, 0.15) is 11.4 Å². The molecule has 0 aliphatic carbocycles. The Morgan fingerprint density at radius 2 is 2.28 bits per heavy atom. The lowest BCUT2D eigenvalue weighted by Crippen LogP contribution is -2.10. The van der Waals surface area contributed by atoms with Crippen LogP contribution in [0.4, 0.5) is 5.82 Å². The molecule has 4 nitrogen and oxygen atoms in total. The average molecular weight is 262 g/mol. The first-order valence-corrected chi connectivity index (χ1v) is 6.43. The molecule has 0 aromatic carbocycles. The van der Waals surface area contributed by atoms with Gasteiger partial charge < -0.3 is 10.4 Å². The molecule has 2 N–H and O–H groups in total. The third kappa shape index (κ3) is 2.68. The number of aromatic nitrogens is 1. The van der Waals surface area contributed by atoms with Gasteiger partial charge in [0, 0.05) is 10.6 Å². The zero-order valence-corrected chi connectivity index (χ0v) is 11.0. The molecular formula is C13H14N2O2S. The highest BCUT2D eigenvalue weighted by molar-refractivity contribution is 7.09. The SMILES string of the molecule is Cc1cc(C)c(C(=O)O)c(NCc2cccs2)n1. The molecule has 2 aromatic heterocycles. The van der Waals surface area contributed by atoms with Crippen molar-refractivity contribution in [2.75, 3.05) is 5.32 Å². The second-order valence-corrected chi connectivity index (χ2v) is 5.07. The normalized spacial score (nSPS) is 10.3. The summed E-state index contributed by atoms with van der Waals surface area (Å²) < 4.78 is 0. The maximum Gasteiger partial charge on any atom is 0.339 e. The van der Waals surface area contributed by atoms with Gasteiger partial charge in [0.25, 0.3) is 0 Å². The Bertz CT molecular complexity index is 565. The molecule has 2 rings (SSSR count). The van der Waals surface area contributed by atoms with Crippen LogP contribution in [0.5, 0.6) is 0 Å². The third-order valence-electron chi connectivity index (χ3n) is 2.57. The number of rotatable bonds is 4. The van der Waals surface area contributed by atoms with E-state index in [2.05, 4.69) is 10.3 Å². The number of carboxylic acid groups (broad SMARTS) is 1. The summed E-state index contributed by atoms with van der Waals surface area (Å²) >= 11 is 1.63. The van der Waals surface area contributed by atoms with Gasteiger partial charge in [-0.3, -0.25) is 0 Å². The zero-order chi connectivity index (χ0) is 13.1. The molecule has 0 unspecified atom stereocenters. The topological polar surface area (TPSA) is 62.2 Å². The summed E-state index contributed by atoms with van der Waals surface area (Å²) in [6, 6.07) is 5.75. The number of aromatic carboxylic acids is 1. The number of carbonyl (C=O) groups is 1. The Labute approximate surface area is 109 Å². The Balaban J connectivity index is 2.28. The van der Waals surface area contributed by atoms with Crippen LogP contribution in [-0.2, 0) is 6.54 Å². The van der Waals surface area contributed by atoms with Crippen molar-refractivity contribution in [1.82, 2.24) is 4.98 Å². The molecule has 0 spiro atoms. The highest BCUT2D eigenvalue weighted by Gasteiger charge is 2.15. The van der Waals surface area contributed by atoms with Crippen molar-refractivity contribution in [3.05, 3.63) is 45.3 Å². The summed E-state index contributed by atoms with van der Waals surface area (Å²) in [6.07, 6.45) is 0. The van der Waals surface area contributed by atoms with Crippen molar-refractivity contribution in [2.45, 2.75) is 20.4 Å². The van der Waals surface area contributed by atoms with Crippen LogP contribution >= 0.6 is 11.3 Å². The number of carboxylic acids is 1. The smallest absolute Gasteiger partial charge is 0.339 e. The van der Waals surface area contributed by atoms with Gasteiger partial charge in [-0.15, -0.1) is 11.3 Å². The van der Waals surface area contributed by atoms with Crippen LogP contribution in [0.15, 0.2) is 23.6 Å². The fourth-order valence-electron chi connectivity index (χ4n) is 1.82. The number of aryl methyl sites for hydroxylation is 2. The van der Waals surface area contributed by atoms with Crippen molar-refractivity contribution < 1.29 is 9.90 Å². The van der Waals surface area contributed by atoms with Crippen LogP contribution in [0.3, 0.4) is 0 Å². The van der Waals surface area contributed by atoms with E-state index in [1.54, 1.807) is 24.3 Å². The minimum absolute atomic E-state index is 0.247. The van der Waals surface area contributed by atoms with E-state index in [9.17, 15) is 9.90 Å². The Morgan fingerprint density at radius 1 is 1.50 bits per heavy atom. The van der Waals surface area contributed by atoms with Gasteiger partial charge in [0.05, 0.1) is 6.54 Å². The highest BCUT2D eigenvalue weighted by Crippen LogP contribution is 2.20. The molecule has 0 aliphatic heterocycles. The lowest BCUT2D eigenvalue weighted by atomic mass is 10.1. The lowest BCUT2D eigenvalue weighted by molar-refractivity contribution is 0.0697. The molecule has 0 saturated heterocycles. The van der Waals surface area contributed by atoms with E-state index in [0.717, 1.165) is 16.1 Å². The largest absolute Gasteiger partial charge is 0.478 e. The summed E-state index contributed by atoms with van der Waals surface area (Å²) in [5.41, 5.74) is 1.78. The average Bonchev–Trinajstić information content (AvgIpc) is 2.77. The van der Waals surface area contributed by atoms with Crippen LogP contribution in [0.25, 0.3) is 0 Å². The second kappa shape index (κ2) is 5.18. The van der Waals surface area contributed by atoms with Gasteiger partial charge in [0.15, 0.2) is 0 Å². The molecular weight excluding hydrogens is 248 g/mol.